The van der Waals surface area contributed by atoms with Crippen molar-refractivity contribution < 1.29 is 27.1 Å². The molecule has 0 radical (unpaired) electrons. The average molecular weight is 381 g/mol. The number of carbonyl (C=O) groups is 1. The molecular weight excluding hydrogens is 361 g/mol. The fraction of sp³-hybridized carbons (Fsp3) is 0.278. The molecular formula is C18H20FNO5S. The van der Waals surface area contributed by atoms with Crippen LogP contribution in [0.15, 0.2) is 53.4 Å². The standard InChI is InChI=1S/C18H20FNO5S/c1-13-3-7-16(8-4-13)24-11-12-25-18(21)14(2)20-26(22,23)17-9-5-15(19)6-10-17/h3-10,14,20H,11-12H2,1-2H3/t14-/m1/s1. The van der Waals surface area contributed by atoms with Crippen LogP contribution < -0.4 is 9.46 Å². The maximum Gasteiger partial charge on any atom is 0.324 e. The summed E-state index contributed by atoms with van der Waals surface area (Å²) in [5.41, 5.74) is 1.10. The summed E-state index contributed by atoms with van der Waals surface area (Å²) in [7, 11) is -3.95. The molecule has 0 unspecified atom stereocenters. The number of nitrogens with one attached hydrogen (secondary N) is 1. The van der Waals surface area contributed by atoms with Crippen molar-refractivity contribution in [2.45, 2.75) is 24.8 Å². The molecule has 140 valence electrons. The lowest BCUT2D eigenvalue weighted by atomic mass is 10.2. The highest BCUT2D eigenvalue weighted by atomic mass is 32.2. The van der Waals surface area contributed by atoms with Gasteiger partial charge >= 0.3 is 5.97 Å². The normalized spacial score (nSPS) is 12.4. The van der Waals surface area contributed by atoms with Gasteiger partial charge in [0.15, 0.2) is 0 Å². The molecule has 0 amide bonds. The predicted octanol–water partition coefficient (Wildman–Crippen LogP) is 2.42. The number of hydrogen-bond donors (Lipinski definition) is 1. The van der Waals surface area contributed by atoms with E-state index in [9.17, 15) is 17.6 Å². The minimum absolute atomic E-state index is 0.0185. The molecule has 0 aliphatic heterocycles. The van der Waals surface area contributed by atoms with Gasteiger partial charge in [-0.05, 0) is 50.2 Å². The van der Waals surface area contributed by atoms with Crippen molar-refractivity contribution >= 4 is 16.0 Å². The van der Waals surface area contributed by atoms with Crippen molar-refractivity contribution in [3.8, 4) is 5.75 Å². The number of sulfonamides is 1. The van der Waals surface area contributed by atoms with Crippen molar-refractivity contribution in [1.29, 1.82) is 0 Å². The third kappa shape index (κ3) is 5.82. The minimum Gasteiger partial charge on any atom is -0.490 e. The van der Waals surface area contributed by atoms with E-state index in [0.29, 0.717) is 5.75 Å². The molecule has 0 heterocycles. The fourth-order valence-corrected chi connectivity index (χ4v) is 3.22. The summed E-state index contributed by atoms with van der Waals surface area (Å²) in [4.78, 5) is 11.8. The number of aryl methyl sites for hydroxylation is 1. The van der Waals surface area contributed by atoms with E-state index in [1.807, 2.05) is 19.1 Å². The van der Waals surface area contributed by atoms with Gasteiger partial charge in [0.2, 0.25) is 10.0 Å². The molecule has 0 aliphatic rings. The summed E-state index contributed by atoms with van der Waals surface area (Å²) < 4.78 is 49.8. The fourth-order valence-electron chi connectivity index (χ4n) is 2.02. The number of esters is 1. The Morgan fingerprint density at radius 2 is 1.69 bits per heavy atom. The maximum absolute atomic E-state index is 12.9. The van der Waals surface area contributed by atoms with E-state index in [-0.39, 0.29) is 18.1 Å². The van der Waals surface area contributed by atoms with Crippen LogP contribution in [-0.2, 0) is 19.6 Å². The van der Waals surface area contributed by atoms with Crippen LogP contribution in [0.5, 0.6) is 5.75 Å². The largest absolute Gasteiger partial charge is 0.490 e. The van der Waals surface area contributed by atoms with E-state index in [2.05, 4.69) is 4.72 Å². The third-order valence-corrected chi connectivity index (χ3v) is 4.98. The minimum atomic E-state index is -3.95. The van der Waals surface area contributed by atoms with Gasteiger partial charge in [0.05, 0.1) is 4.90 Å². The van der Waals surface area contributed by atoms with Crippen LogP contribution in [0.3, 0.4) is 0 Å². The molecule has 2 aromatic rings. The summed E-state index contributed by atoms with van der Waals surface area (Å²) in [6.45, 7) is 3.45. The van der Waals surface area contributed by atoms with E-state index in [4.69, 9.17) is 9.47 Å². The van der Waals surface area contributed by atoms with Crippen LogP contribution in [0.2, 0.25) is 0 Å². The van der Waals surface area contributed by atoms with Gasteiger partial charge in [0, 0.05) is 0 Å². The molecule has 1 atom stereocenters. The van der Waals surface area contributed by atoms with Crippen LogP contribution in [0.4, 0.5) is 4.39 Å². The van der Waals surface area contributed by atoms with E-state index in [1.54, 1.807) is 12.1 Å². The maximum atomic E-state index is 12.9. The molecule has 6 nitrogen and oxygen atoms in total. The van der Waals surface area contributed by atoms with Gasteiger partial charge in [-0.2, -0.15) is 4.72 Å². The lowest BCUT2D eigenvalue weighted by Crippen LogP contribution is -2.39. The Labute approximate surface area is 152 Å². The first-order valence-electron chi connectivity index (χ1n) is 7.92. The van der Waals surface area contributed by atoms with E-state index >= 15 is 0 Å². The molecule has 0 bridgehead atoms. The second kappa shape index (κ2) is 8.77. The van der Waals surface area contributed by atoms with Gasteiger partial charge in [-0.3, -0.25) is 4.79 Å². The Bertz CT molecular complexity index is 835. The van der Waals surface area contributed by atoms with Gasteiger partial charge in [-0.25, -0.2) is 12.8 Å². The summed E-state index contributed by atoms with van der Waals surface area (Å²) in [6.07, 6.45) is 0. The number of ether oxygens (including phenoxy) is 2. The molecule has 0 saturated heterocycles. The number of carbonyl (C=O) groups excluding carboxylic acids is 1. The molecule has 2 rings (SSSR count). The SMILES string of the molecule is Cc1ccc(OCCOC(=O)[C@@H](C)NS(=O)(=O)c2ccc(F)cc2)cc1. The molecule has 8 heteroatoms. The number of rotatable bonds is 8. The lowest BCUT2D eigenvalue weighted by molar-refractivity contribution is -0.145. The van der Waals surface area contributed by atoms with E-state index in [1.165, 1.54) is 6.92 Å². The van der Waals surface area contributed by atoms with Gasteiger partial charge in [-0.1, -0.05) is 17.7 Å². The van der Waals surface area contributed by atoms with Crippen molar-refractivity contribution in [2.75, 3.05) is 13.2 Å². The third-order valence-electron chi connectivity index (χ3n) is 3.43. The summed E-state index contributed by atoms with van der Waals surface area (Å²) in [5, 5.41) is 0. The Kier molecular flexibility index (Phi) is 6.70. The monoisotopic (exact) mass is 381 g/mol. The second-order valence-electron chi connectivity index (χ2n) is 5.63. The molecule has 2 aromatic carbocycles. The van der Waals surface area contributed by atoms with Crippen molar-refractivity contribution in [3.63, 3.8) is 0 Å². The van der Waals surface area contributed by atoms with Gasteiger partial charge < -0.3 is 9.47 Å². The molecule has 1 N–H and O–H groups in total. The first-order chi connectivity index (χ1) is 12.3. The number of hydrogen-bond acceptors (Lipinski definition) is 5. The Hall–Kier alpha value is -2.45. The highest BCUT2D eigenvalue weighted by Crippen LogP contribution is 2.12. The van der Waals surface area contributed by atoms with E-state index < -0.39 is 27.9 Å². The van der Waals surface area contributed by atoms with Gasteiger partial charge in [0.25, 0.3) is 0 Å². The molecule has 0 fully saturated rings. The smallest absolute Gasteiger partial charge is 0.324 e. The zero-order valence-electron chi connectivity index (χ0n) is 14.4. The average Bonchev–Trinajstić information content (AvgIpc) is 2.60. The van der Waals surface area contributed by atoms with Crippen LogP contribution >= 0.6 is 0 Å². The Morgan fingerprint density at radius 1 is 1.08 bits per heavy atom. The summed E-state index contributed by atoms with van der Waals surface area (Å²) in [6, 6.07) is 10.6. The first kappa shape index (κ1) is 19.9. The van der Waals surface area contributed by atoms with E-state index in [0.717, 1.165) is 29.8 Å². The topological polar surface area (TPSA) is 81.7 Å². The summed E-state index contributed by atoms with van der Waals surface area (Å²) in [5.74, 6) is -0.634. The predicted molar refractivity (Wildman–Crippen MR) is 93.8 cm³/mol. The van der Waals surface area contributed by atoms with Crippen molar-refractivity contribution in [2.24, 2.45) is 0 Å². The number of halogens is 1. The van der Waals surface area contributed by atoms with Gasteiger partial charge in [-0.15, -0.1) is 0 Å². The summed E-state index contributed by atoms with van der Waals surface area (Å²) >= 11 is 0. The van der Waals surface area contributed by atoms with Gasteiger partial charge in [0.1, 0.15) is 30.8 Å². The highest BCUT2D eigenvalue weighted by molar-refractivity contribution is 7.89. The van der Waals surface area contributed by atoms with Crippen LogP contribution in [-0.4, -0.2) is 33.6 Å². The van der Waals surface area contributed by atoms with Crippen LogP contribution in [0.25, 0.3) is 0 Å². The zero-order valence-corrected chi connectivity index (χ0v) is 15.3. The van der Waals surface area contributed by atoms with Crippen LogP contribution in [0.1, 0.15) is 12.5 Å². The van der Waals surface area contributed by atoms with Crippen LogP contribution in [0, 0.1) is 12.7 Å². The zero-order chi connectivity index (χ0) is 19.2. The quantitative estimate of drug-likeness (QED) is 0.561. The van der Waals surface area contributed by atoms with Crippen molar-refractivity contribution in [1.82, 2.24) is 4.72 Å². The number of benzene rings is 2. The van der Waals surface area contributed by atoms with Crippen molar-refractivity contribution in [3.05, 3.63) is 59.9 Å². The Balaban J connectivity index is 1.79. The molecule has 0 aliphatic carbocycles. The molecule has 0 saturated carbocycles. The second-order valence-corrected chi connectivity index (χ2v) is 7.34. The first-order valence-corrected chi connectivity index (χ1v) is 9.40. The molecule has 0 aromatic heterocycles. The highest BCUT2D eigenvalue weighted by Gasteiger charge is 2.23. The molecule has 26 heavy (non-hydrogen) atoms. The Morgan fingerprint density at radius 3 is 2.31 bits per heavy atom. The lowest BCUT2D eigenvalue weighted by Gasteiger charge is -2.14. The molecule has 0 spiro atoms.